The highest BCUT2D eigenvalue weighted by molar-refractivity contribution is 5.40. The minimum Gasteiger partial charge on any atom is -0.0617 e. The van der Waals surface area contributed by atoms with E-state index in [0.717, 1.165) is 0 Å². The molecule has 19 heavy (non-hydrogen) atoms. The molecule has 0 bridgehead atoms. The van der Waals surface area contributed by atoms with Crippen molar-refractivity contribution in [2.45, 2.75) is 46.5 Å². The Hall–Kier alpha value is -1.56. The van der Waals surface area contributed by atoms with Crippen molar-refractivity contribution in [3.05, 3.63) is 70.3 Å². The molecule has 0 nitrogen and oxygen atoms in total. The summed E-state index contributed by atoms with van der Waals surface area (Å²) in [5.41, 5.74) is 7.01. The Balaban J connectivity index is 2.36. The van der Waals surface area contributed by atoms with E-state index in [0.29, 0.717) is 11.8 Å². The van der Waals surface area contributed by atoms with Crippen molar-refractivity contribution in [1.82, 2.24) is 0 Å². The summed E-state index contributed by atoms with van der Waals surface area (Å²) in [4.78, 5) is 0. The van der Waals surface area contributed by atoms with Crippen LogP contribution in [0.25, 0.3) is 0 Å². The summed E-state index contributed by atoms with van der Waals surface area (Å²) in [6, 6.07) is 15.8. The van der Waals surface area contributed by atoms with Crippen LogP contribution in [0, 0.1) is 13.8 Å². The molecule has 0 aliphatic carbocycles. The Morgan fingerprint density at radius 1 is 0.789 bits per heavy atom. The molecule has 0 N–H and O–H groups in total. The van der Waals surface area contributed by atoms with Gasteiger partial charge in [-0.2, -0.15) is 0 Å². The second-order valence-corrected chi connectivity index (χ2v) is 5.91. The van der Waals surface area contributed by atoms with Gasteiger partial charge in [-0.05, 0) is 42.0 Å². The van der Waals surface area contributed by atoms with Crippen molar-refractivity contribution < 1.29 is 0 Å². The van der Waals surface area contributed by atoms with E-state index < -0.39 is 0 Å². The van der Waals surface area contributed by atoms with Crippen LogP contribution in [0.4, 0.5) is 0 Å². The van der Waals surface area contributed by atoms with Gasteiger partial charge in [0.05, 0.1) is 0 Å². The maximum absolute atomic E-state index is 2.34. The van der Waals surface area contributed by atoms with Gasteiger partial charge in [0.1, 0.15) is 0 Å². The second kappa shape index (κ2) is 5.61. The fourth-order valence-corrected chi connectivity index (χ4v) is 2.66. The minimum atomic E-state index is 0.459. The third-order valence-corrected chi connectivity index (χ3v) is 3.97. The van der Waals surface area contributed by atoms with Crippen LogP contribution in [-0.4, -0.2) is 0 Å². The van der Waals surface area contributed by atoms with Crippen LogP contribution in [0.2, 0.25) is 0 Å². The highest BCUT2D eigenvalue weighted by Crippen LogP contribution is 2.29. The lowest BCUT2D eigenvalue weighted by molar-refractivity contribution is 0.853. The maximum Gasteiger partial charge on any atom is 0.00637 e. The predicted octanol–water partition coefficient (Wildman–Crippen LogP) is 5.58. The van der Waals surface area contributed by atoms with Gasteiger partial charge >= 0.3 is 0 Å². The van der Waals surface area contributed by atoms with E-state index in [9.17, 15) is 0 Å². The van der Waals surface area contributed by atoms with Gasteiger partial charge in [0.15, 0.2) is 0 Å². The molecular weight excluding hydrogens is 228 g/mol. The average molecular weight is 252 g/mol. The minimum absolute atomic E-state index is 0.459. The van der Waals surface area contributed by atoms with E-state index in [2.05, 4.69) is 77.1 Å². The van der Waals surface area contributed by atoms with Gasteiger partial charge in [-0.3, -0.25) is 0 Å². The van der Waals surface area contributed by atoms with E-state index in [4.69, 9.17) is 0 Å². The SMILES string of the molecule is Cc1cccc(C(C)c2ccc(C(C)C)cc2C)c1. The van der Waals surface area contributed by atoms with Crippen LogP contribution < -0.4 is 0 Å². The zero-order valence-electron chi connectivity index (χ0n) is 12.7. The normalized spacial score (nSPS) is 12.7. The molecule has 0 aromatic heterocycles. The fraction of sp³-hybridized carbons (Fsp3) is 0.368. The molecule has 2 aromatic rings. The Morgan fingerprint density at radius 3 is 2.11 bits per heavy atom. The van der Waals surface area contributed by atoms with E-state index in [1.54, 1.807) is 0 Å². The Morgan fingerprint density at radius 2 is 1.53 bits per heavy atom. The molecule has 1 unspecified atom stereocenters. The van der Waals surface area contributed by atoms with Gasteiger partial charge in [-0.15, -0.1) is 0 Å². The number of benzene rings is 2. The van der Waals surface area contributed by atoms with Crippen LogP contribution >= 0.6 is 0 Å². The molecule has 0 radical (unpaired) electrons. The number of rotatable bonds is 3. The first-order valence-corrected chi connectivity index (χ1v) is 7.16. The van der Waals surface area contributed by atoms with Gasteiger partial charge in [-0.25, -0.2) is 0 Å². The highest BCUT2D eigenvalue weighted by Gasteiger charge is 2.12. The highest BCUT2D eigenvalue weighted by atomic mass is 14.2. The molecule has 0 aliphatic rings. The molecule has 0 amide bonds. The topological polar surface area (TPSA) is 0 Å². The molecular formula is C19H24. The Labute approximate surface area is 117 Å². The van der Waals surface area contributed by atoms with Gasteiger partial charge in [0, 0.05) is 5.92 Å². The summed E-state index contributed by atoms with van der Waals surface area (Å²) in [5, 5.41) is 0. The second-order valence-electron chi connectivity index (χ2n) is 5.91. The quantitative estimate of drug-likeness (QED) is 0.669. The van der Waals surface area contributed by atoms with Gasteiger partial charge in [-0.1, -0.05) is 68.8 Å². The van der Waals surface area contributed by atoms with Crippen molar-refractivity contribution in [3.8, 4) is 0 Å². The summed E-state index contributed by atoms with van der Waals surface area (Å²) in [6.07, 6.45) is 0. The lowest BCUT2D eigenvalue weighted by Crippen LogP contribution is -2.00. The molecule has 0 saturated heterocycles. The first kappa shape index (κ1) is 13.9. The first-order valence-electron chi connectivity index (χ1n) is 7.16. The molecule has 2 aromatic carbocycles. The standard InChI is InChI=1S/C19H24/c1-13(2)17-9-10-19(15(4)12-17)16(5)18-8-6-7-14(3)11-18/h6-13,16H,1-5H3. The zero-order valence-corrected chi connectivity index (χ0v) is 12.7. The molecule has 0 spiro atoms. The largest absolute Gasteiger partial charge is 0.0617 e. The number of hydrogen-bond acceptors (Lipinski definition) is 0. The molecule has 2 rings (SSSR count). The summed E-state index contributed by atoms with van der Waals surface area (Å²) in [7, 11) is 0. The van der Waals surface area contributed by atoms with Gasteiger partial charge in [0.2, 0.25) is 0 Å². The van der Waals surface area contributed by atoms with Crippen molar-refractivity contribution >= 4 is 0 Å². The number of hydrogen-bond donors (Lipinski definition) is 0. The van der Waals surface area contributed by atoms with Crippen LogP contribution in [0.3, 0.4) is 0 Å². The smallest absolute Gasteiger partial charge is 0.00637 e. The molecule has 1 atom stereocenters. The summed E-state index contributed by atoms with van der Waals surface area (Å²) < 4.78 is 0. The van der Waals surface area contributed by atoms with Crippen LogP contribution in [0.15, 0.2) is 42.5 Å². The summed E-state index contributed by atoms with van der Waals surface area (Å²) in [5.74, 6) is 1.06. The lowest BCUT2D eigenvalue weighted by Gasteiger charge is -2.17. The maximum atomic E-state index is 2.34. The monoisotopic (exact) mass is 252 g/mol. The Bertz CT molecular complexity index is 564. The van der Waals surface area contributed by atoms with Gasteiger partial charge < -0.3 is 0 Å². The number of aryl methyl sites for hydroxylation is 2. The van der Waals surface area contributed by atoms with Crippen molar-refractivity contribution in [1.29, 1.82) is 0 Å². The van der Waals surface area contributed by atoms with Crippen LogP contribution in [0.5, 0.6) is 0 Å². The molecule has 0 heteroatoms. The zero-order chi connectivity index (χ0) is 14.0. The lowest BCUT2D eigenvalue weighted by atomic mass is 9.87. The third-order valence-electron chi connectivity index (χ3n) is 3.97. The molecule has 100 valence electrons. The van der Waals surface area contributed by atoms with Crippen molar-refractivity contribution in [2.24, 2.45) is 0 Å². The molecule has 0 saturated carbocycles. The van der Waals surface area contributed by atoms with Crippen LogP contribution in [-0.2, 0) is 0 Å². The third kappa shape index (κ3) is 3.07. The van der Waals surface area contributed by atoms with E-state index in [-0.39, 0.29) is 0 Å². The Kier molecular flexibility index (Phi) is 4.09. The van der Waals surface area contributed by atoms with Crippen LogP contribution in [0.1, 0.15) is 60.4 Å². The molecule has 0 aliphatic heterocycles. The summed E-state index contributed by atoms with van der Waals surface area (Å²) >= 11 is 0. The first-order chi connectivity index (χ1) is 8.99. The van der Waals surface area contributed by atoms with Crippen molar-refractivity contribution in [2.75, 3.05) is 0 Å². The summed E-state index contributed by atoms with van der Waals surface area (Å²) in [6.45, 7) is 11.2. The van der Waals surface area contributed by atoms with Crippen molar-refractivity contribution in [3.63, 3.8) is 0 Å². The molecule has 0 heterocycles. The fourth-order valence-electron chi connectivity index (χ4n) is 2.66. The van der Waals surface area contributed by atoms with E-state index in [1.165, 1.54) is 27.8 Å². The predicted molar refractivity (Wildman–Crippen MR) is 84.0 cm³/mol. The van der Waals surface area contributed by atoms with E-state index in [1.807, 2.05) is 0 Å². The average Bonchev–Trinajstić information content (AvgIpc) is 2.37. The molecule has 0 fully saturated rings. The van der Waals surface area contributed by atoms with Gasteiger partial charge in [0.25, 0.3) is 0 Å². The van der Waals surface area contributed by atoms with E-state index >= 15 is 0 Å².